The number of esters is 1. The Balaban J connectivity index is 1.66. The van der Waals surface area contributed by atoms with Gasteiger partial charge in [-0.05, 0) is 30.7 Å². The summed E-state index contributed by atoms with van der Waals surface area (Å²) in [5.41, 5.74) is 2.15. The zero-order valence-corrected chi connectivity index (χ0v) is 14.7. The zero-order chi connectivity index (χ0) is 18.0. The molecule has 0 aliphatic heterocycles. The molecule has 25 heavy (non-hydrogen) atoms. The van der Waals surface area contributed by atoms with E-state index in [0.717, 1.165) is 16.5 Å². The summed E-state index contributed by atoms with van der Waals surface area (Å²) in [6.07, 6.45) is 0. The predicted octanol–water partition coefficient (Wildman–Crippen LogP) is 4.58. The number of hydrogen-bond donors (Lipinski definition) is 2. The van der Waals surface area contributed by atoms with Crippen LogP contribution in [0.25, 0.3) is 10.9 Å². The molecule has 0 aliphatic carbocycles. The first-order valence-corrected chi connectivity index (χ1v) is 8.21. The smallest absolute Gasteiger partial charge is 0.356 e. The van der Waals surface area contributed by atoms with Crippen LogP contribution in [0.3, 0.4) is 0 Å². The Morgan fingerprint density at radius 2 is 1.88 bits per heavy atom. The lowest BCUT2D eigenvalue weighted by molar-refractivity contribution is -0.119. The predicted molar refractivity (Wildman–Crippen MR) is 98.4 cm³/mol. The molecule has 0 aliphatic rings. The van der Waals surface area contributed by atoms with Gasteiger partial charge in [0.2, 0.25) is 0 Å². The Morgan fingerprint density at radius 1 is 1.12 bits per heavy atom. The summed E-state index contributed by atoms with van der Waals surface area (Å²) < 4.78 is 5.04. The van der Waals surface area contributed by atoms with Crippen molar-refractivity contribution >= 4 is 51.7 Å². The molecule has 2 N–H and O–H groups in total. The maximum Gasteiger partial charge on any atom is 0.356 e. The second-order valence-corrected chi connectivity index (χ2v) is 6.18. The monoisotopic (exact) mass is 376 g/mol. The highest BCUT2D eigenvalue weighted by atomic mass is 35.5. The third-order valence-electron chi connectivity index (χ3n) is 3.72. The molecule has 0 bridgehead atoms. The van der Waals surface area contributed by atoms with E-state index >= 15 is 0 Å². The summed E-state index contributed by atoms with van der Waals surface area (Å²) in [7, 11) is 0. The zero-order valence-electron chi connectivity index (χ0n) is 13.2. The Labute approximate surface area is 153 Å². The van der Waals surface area contributed by atoms with Crippen molar-refractivity contribution in [2.45, 2.75) is 6.92 Å². The molecule has 1 amide bonds. The minimum atomic E-state index is -0.695. The first kappa shape index (κ1) is 17.3. The van der Waals surface area contributed by atoms with E-state index < -0.39 is 18.5 Å². The van der Waals surface area contributed by atoms with Crippen molar-refractivity contribution in [2.75, 3.05) is 11.9 Å². The molecule has 3 aromatic rings. The molecule has 0 atom stereocenters. The third kappa shape index (κ3) is 3.62. The van der Waals surface area contributed by atoms with Crippen LogP contribution in [-0.2, 0) is 9.53 Å². The van der Waals surface area contributed by atoms with Crippen molar-refractivity contribution in [3.8, 4) is 0 Å². The van der Waals surface area contributed by atoms with Crippen LogP contribution in [0.2, 0.25) is 10.0 Å². The van der Waals surface area contributed by atoms with Crippen LogP contribution in [0.15, 0.2) is 42.5 Å². The Kier molecular flexibility index (Phi) is 4.97. The van der Waals surface area contributed by atoms with Crippen molar-refractivity contribution in [2.24, 2.45) is 0 Å². The van der Waals surface area contributed by atoms with Gasteiger partial charge in [0.1, 0.15) is 5.69 Å². The number of para-hydroxylation sites is 1. The van der Waals surface area contributed by atoms with Crippen molar-refractivity contribution < 1.29 is 14.3 Å². The number of rotatable bonds is 4. The van der Waals surface area contributed by atoms with E-state index in [9.17, 15) is 9.59 Å². The van der Waals surface area contributed by atoms with Crippen LogP contribution in [0.5, 0.6) is 0 Å². The van der Waals surface area contributed by atoms with E-state index in [0.29, 0.717) is 10.7 Å². The van der Waals surface area contributed by atoms with Crippen molar-refractivity contribution in [3.63, 3.8) is 0 Å². The number of carbonyl (C=O) groups is 2. The molecular formula is C18H14Cl2N2O3. The lowest BCUT2D eigenvalue weighted by Gasteiger charge is -2.09. The molecule has 0 saturated heterocycles. The minimum Gasteiger partial charge on any atom is -0.451 e. The fraction of sp³-hybridized carbons (Fsp3) is 0.111. The summed E-state index contributed by atoms with van der Waals surface area (Å²) in [5, 5.41) is 4.18. The molecule has 5 nitrogen and oxygen atoms in total. The normalized spacial score (nSPS) is 10.7. The third-order valence-corrected chi connectivity index (χ3v) is 4.53. The number of nitrogens with one attached hydrogen (secondary N) is 2. The van der Waals surface area contributed by atoms with Gasteiger partial charge in [-0.1, -0.05) is 47.5 Å². The number of H-pyrrole nitrogens is 1. The largest absolute Gasteiger partial charge is 0.451 e. The molecule has 0 saturated carbocycles. The van der Waals surface area contributed by atoms with Crippen LogP contribution in [0, 0.1) is 6.92 Å². The van der Waals surface area contributed by atoms with Crippen LogP contribution in [0.1, 0.15) is 16.1 Å². The SMILES string of the molecule is Cc1c(Cl)cccc1NC(=O)COC(=O)c1[nH]c2ccccc2c1Cl. The van der Waals surface area contributed by atoms with E-state index in [2.05, 4.69) is 10.3 Å². The van der Waals surface area contributed by atoms with Crippen LogP contribution in [0.4, 0.5) is 5.69 Å². The molecule has 7 heteroatoms. The number of benzene rings is 2. The summed E-state index contributed by atoms with van der Waals surface area (Å²) in [5.74, 6) is -1.16. The van der Waals surface area contributed by atoms with E-state index in [1.54, 1.807) is 37.3 Å². The highest BCUT2D eigenvalue weighted by Crippen LogP contribution is 2.27. The number of aromatic nitrogens is 1. The van der Waals surface area contributed by atoms with Gasteiger partial charge in [0.05, 0.1) is 5.02 Å². The number of amides is 1. The van der Waals surface area contributed by atoms with Crippen LogP contribution in [-0.4, -0.2) is 23.5 Å². The van der Waals surface area contributed by atoms with Gasteiger partial charge in [0.15, 0.2) is 6.61 Å². The molecule has 0 fully saturated rings. The summed E-state index contributed by atoms with van der Waals surface area (Å²) in [4.78, 5) is 27.1. The number of anilines is 1. The van der Waals surface area contributed by atoms with Gasteiger partial charge >= 0.3 is 5.97 Å². The topological polar surface area (TPSA) is 71.2 Å². The molecule has 0 radical (unpaired) electrons. The average Bonchev–Trinajstić information content (AvgIpc) is 2.94. The Morgan fingerprint density at radius 3 is 2.64 bits per heavy atom. The van der Waals surface area contributed by atoms with Gasteiger partial charge in [0, 0.05) is 21.6 Å². The second-order valence-electron chi connectivity index (χ2n) is 5.40. The van der Waals surface area contributed by atoms with Gasteiger partial charge in [-0.15, -0.1) is 0 Å². The minimum absolute atomic E-state index is 0.120. The lowest BCUT2D eigenvalue weighted by atomic mass is 10.2. The summed E-state index contributed by atoms with van der Waals surface area (Å²) in [6.45, 7) is 1.35. The molecule has 2 aromatic carbocycles. The number of ether oxygens (including phenoxy) is 1. The van der Waals surface area contributed by atoms with Crippen molar-refractivity contribution in [1.29, 1.82) is 0 Å². The van der Waals surface area contributed by atoms with Crippen LogP contribution >= 0.6 is 23.2 Å². The standard InChI is InChI=1S/C18H14Cl2N2O3/c1-10-12(19)6-4-8-13(10)21-15(23)9-25-18(24)17-16(20)11-5-2-3-7-14(11)22-17/h2-8,22H,9H2,1H3,(H,21,23). The highest BCUT2D eigenvalue weighted by molar-refractivity contribution is 6.38. The van der Waals surface area contributed by atoms with Gasteiger partial charge < -0.3 is 15.0 Å². The quantitative estimate of drug-likeness (QED) is 0.654. The number of carbonyl (C=O) groups excluding carboxylic acids is 2. The highest BCUT2D eigenvalue weighted by Gasteiger charge is 2.18. The van der Waals surface area contributed by atoms with Gasteiger partial charge in [-0.2, -0.15) is 0 Å². The molecule has 1 aromatic heterocycles. The molecular weight excluding hydrogens is 363 g/mol. The maximum absolute atomic E-state index is 12.2. The van der Waals surface area contributed by atoms with E-state index in [4.69, 9.17) is 27.9 Å². The van der Waals surface area contributed by atoms with Gasteiger partial charge in [-0.3, -0.25) is 4.79 Å². The molecule has 0 spiro atoms. The average molecular weight is 377 g/mol. The summed E-state index contributed by atoms with van der Waals surface area (Å²) >= 11 is 12.2. The number of hydrogen-bond acceptors (Lipinski definition) is 3. The number of fused-ring (bicyclic) bond motifs is 1. The van der Waals surface area contributed by atoms with E-state index in [1.807, 2.05) is 12.1 Å². The molecule has 3 rings (SSSR count). The molecule has 0 unspecified atom stereocenters. The van der Waals surface area contributed by atoms with Crippen LogP contribution < -0.4 is 5.32 Å². The Hall–Kier alpha value is -2.50. The molecule has 1 heterocycles. The van der Waals surface area contributed by atoms with Crippen molar-refractivity contribution in [3.05, 3.63) is 63.8 Å². The van der Waals surface area contributed by atoms with E-state index in [1.165, 1.54) is 0 Å². The lowest BCUT2D eigenvalue weighted by Crippen LogP contribution is -2.21. The van der Waals surface area contributed by atoms with Gasteiger partial charge in [-0.25, -0.2) is 4.79 Å². The van der Waals surface area contributed by atoms with E-state index in [-0.39, 0.29) is 10.7 Å². The fourth-order valence-electron chi connectivity index (χ4n) is 2.38. The first-order valence-electron chi connectivity index (χ1n) is 7.45. The Bertz CT molecular complexity index is 966. The number of aromatic amines is 1. The fourth-order valence-corrected chi connectivity index (χ4v) is 2.84. The number of halogens is 2. The second kappa shape index (κ2) is 7.17. The molecule has 128 valence electrons. The van der Waals surface area contributed by atoms with Crippen molar-refractivity contribution in [1.82, 2.24) is 4.98 Å². The first-order chi connectivity index (χ1) is 12.0. The maximum atomic E-state index is 12.2. The summed E-state index contributed by atoms with van der Waals surface area (Å²) in [6, 6.07) is 12.4. The van der Waals surface area contributed by atoms with Gasteiger partial charge in [0.25, 0.3) is 5.91 Å².